The maximum Gasteiger partial charge on any atom is 0.283 e. The van der Waals surface area contributed by atoms with Gasteiger partial charge >= 0.3 is 0 Å². The van der Waals surface area contributed by atoms with E-state index >= 15 is 0 Å². The maximum atomic E-state index is 12.3. The van der Waals surface area contributed by atoms with Crippen molar-refractivity contribution in [1.29, 1.82) is 0 Å². The number of hydrogen-bond acceptors (Lipinski definition) is 4. The standard InChI is InChI=1S/C10H19N3O4S/c1-4-8-10(15)11-9(14)7-13(8)18(16,17)12(5-2)6-3/h8H,4-7H2,1-3H3,(H,11,14,15). The first-order valence-electron chi connectivity index (χ1n) is 5.99. The molecule has 2 amide bonds. The number of imide groups is 1. The predicted octanol–water partition coefficient (Wildman–Crippen LogP) is -0.690. The number of hydrogen-bond donors (Lipinski definition) is 1. The summed E-state index contributed by atoms with van der Waals surface area (Å²) in [7, 11) is -3.77. The fraction of sp³-hybridized carbons (Fsp3) is 0.800. The highest BCUT2D eigenvalue weighted by Gasteiger charge is 2.41. The predicted molar refractivity (Wildman–Crippen MR) is 65.8 cm³/mol. The Morgan fingerprint density at radius 2 is 1.83 bits per heavy atom. The van der Waals surface area contributed by atoms with Gasteiger partial charge in [-0.1, -0.05) is 20.8 Å². The van der Waals surface area contributed by atoms with Gasteiger partial charge < -0.3 is 0 Å². The summed E-state index contributed by atoms with van der Waals surface area (Å²) in [5.41, 5.74) is 0. The average molecular weight is 277 g/mol. The van der Waals surface area contributed by atoms with E-state index in [0.717, 1.165) is 4.31 Å². The van der Waals surface area contributed by atoms with Crippen molar-refractivity contribution in [2.45, 2.75) is 33.2 Å². The average Bonchev–Trinajstić information content (AvgIpc) is 2.29. The van der Waals surface area contributed by atoms with E-state index in [0.29, 0.717) is 19.5 Å². The first-order valence-corrected chi connectivity index (χ1v) is 7.38. The van der Waals surface area contributed by atoms with Crippen LogP contribution >= 0.6 is 0 Å². The van der Waals surface area contributed by atoms with E-state index in [9.17, 15) is 18.0 Å². The molecule has 1 aliphatic heterocycles. The van der Waals surface area contributed by atoms with Gasteiger partial charge in [0.1, 0.15) is 6.04 Å². The number of nitrogens with one attached hydrogen (secondary N) is 1. The van der Waals surface area contributed by atoms with Gasteiger partial charge in [-0.15, -0.1) is 0 Å². The van der Waals surface area contributed by atoms with Crippen molar-refractivity contribution in [3.63, 3.8) is 0 Å². The Labute approximate surface area is 107 Å². The molecule has 1 unspecified atom stereocenters. The number of carbonyl (C=O) groups is 2. The molecule has 1 heterocycles. The normalized spacial score (nSPS) is 22.3. The molecule has 1 N–H and O–H groups in total. The van der Waals surface area contributed by atoms with Crippen LogP contribution in [0, 0.1) is 0 Å². The smallest absolute Gasteiger partial charge is 0.283 e. The zero-order valence-electron chi connectivity index (χ0n) is 10.8. The number of amides is 2. The van der Waals surface area contributed by atoms with Gasteiger partial charge in [0.25, 0.3) is 10.2 Å². The van der Waals surface area contributed by atoms with Crippen molar-refractivity contribution in [3.05, 3.63) is 0 Å². The van der Waals surface area contributed by atoms with Crippen LogP contribution in [0.2, 0.25) is 0 Å². The summed E-state index contributed by atoms with van der Waals surface area (Å²) < 4.78 is 26.9. The van der Waals surface area contributed by atoms with E-state index in [1.54, 1.807) is 20.8 Å². The molecule has 0 radical (unpaired) electrons. The summed E-state index contributed by atoms with van der Waals surface area (Å²) in [4.78, 5) is 23.0. The van der Waals surface area contributed by atoms with E-state index in [1.807, 2.05) is 0 Å². The highest BCUT2D eigenvalue weighted by molar-refractivity contribution is 7.86. The highest BCUT2D eigenvalue weighted by Crippen LogP contribution is 2.17. The third-order valence-corrected chi connectivity index (χ3v) is 5.07. The molecule has 1 atom stereocenters. The van der Waals surface area contributed by atoms with E-state index in [-0.39, 0.29) is 6.54 Å². The van der Waals surface area contributed by atoms with Gasteiger partial charge in [0.15, 0.2) is 0 Å². The summed E-state index contributed by atoms with van der Waals surface area (Å²) >= 11 is 0. The van der Waals surface area contributed by atoms with Gasteiger partial charge in [0.2, 0.25) is 11.8 Å². The molecule has 1 aliphatic rings. The Morgan fingerprint density at radius 1 is 1.28 bits per heavy atom. The molecule has 0 saturated carbocycles. The van der Waals surface area contributed by atoms with Crippen molar-refractivity contribution >= 4 is 22.0 Å². The van der Waals surface area contributed by atoms with Crippen LogP contribution in [0.4, 0.5) is 0 Å². The molecule has 0 aliphatic carbocycles. The van der Waals surface area contributed by atoms with Gasteiger partial charge in [-0.25, -0.2) is 0 Å². The third-order valence-electron chi connectivity index (χ3n) is 2.93. The summed E-state index contributed by atoms with van der Waals surface area (Å²) in [5.74, 6) is -1.13. The fourth-order valence-corrected chi connectivity index (χ4v) is 3.77. The Kier molecular flexibility index (Phi) is 4.83. The molecule has 0 aromatic rings. The van der Waals surface area contributed by atoms with Crippen molar-refractivity contribution in [2.75, 3.05) is 19.6 Å². The SMILES string of the molecule is CCC1C(=O)NC(=O)CN1S(=O)(=O)N(CC)CC. The highest BCUT2D eigenvalue weighted by atomic mass is 32.2. The molecule has 0 bridgehead atoms. The Balaban J connectivity index is 3.10. The van der Waals surface area contributed by atoms with Gasteiger partial charge in [0, 0.05) is 13.1 Å². The lowest BCUT2D eigenvalue weighted by Gasteiger charge is -2.35. The molecule has 0 spiro atoms. The lowest BCUT2D eigenvalue weighted by molar-refractivity contribution is -0.137. The summed E-state index contributed by atoms with van der Waals surface area (Å²) in [6, 6.07) is -0.812. The second-order valence-corrected chi connectivity index (χ2v) is 5.85. The Morgan fingerprint density at radius 3 is 2.28 bits per heavy atom. The molecule has 0 aromatic heterocycles. The minimum atomic E-state index is -3.77. The first kappa shape index (κ1) is 15.1. The van der Waals surface area contributed by atoms with Crippen LogP contribution in [-0.4, -0.2) is 54.5 Å². The molecule has 8 heteroatoms. The fourth-order valence-electron chi connectivity index (χ4n) is 1.97. The lowest BCUT2D eigenvalue weighted by atomic mass is 10.2. The third kappa shape index (κ3) is 2.70. The largest absolute Gasteiger partial charge is 0.294 e. The van der Waals surface area contributed by atoms with Crippen LogP contribution in [0.1, 0.15) is 27.2 Å². The molecule has 0 aromatic carbocycles. The lowest BCUT2D eigenvalue weighted by Crippen LogP contribution is -2.61. The number of nitrogens with zero attached hydrogens (tertiary/aromatic N) is 2. The van der Waals surface area contributed by atoms with Crippen LogP contribution in [-0.2, 0) is 19.8 Å². The van der Waals surface area contributed by atoms with E-state index in [4.69, 9.17) is 0 Å². The topological polar surface area (TPSA) is 86.8 Å². The van der Waals surface area contributed by atoms with Crippen LogP contribution in [0.15, 0.2) is 0 Å². The number of piperazine rings is 1. The second-order valence-electron chi connectivity index (χ2n) is 3.97. The van der Waals surface area contributed by atoms with Crippen LogP contribution in [0.5, 0.6) is 0 Å². The zero-order valence-corrected chi connectivity index (χ0v) is 11.7. The van der Waals surface area contributed by atoms with E-state index in [1.165, 1.54) is 4.31 Å². The minimum absolute atomic E-state index is 0.302. The Hall–Kier alpha value is -0.990. The van der Waals surface area contributed by atoms with Crippen molar-refractivity contribution in [2.24, 2.45) is 0 Å². The monoisotopic (exact) mass is 277 g/mol. The molecule has 1 fully saturated rings. The molecule has 18 heavy (non-hydrogen) atoms. The molecule has 7 nitrogen and oxygen atoms in total. The molecule has 104 valence electrons. The minimum Gasteiger partial charge on any atom is -0.294 e. The maximum absolute atomic E-state index is 12.3. The summed E-state index contributed by atoms with van der Waals surface area (Å²) in [6.45, 7) is 5.46. The zero-order chi connectivity index (χ0) is 13.9. The second kappa shape index (κ2) is 5.77. The summed E-state index contributed by atoms with van der Waals surface area (Å²) in [6.07, 6.45) is 0.333. The Bertz CT molecular complexity index is 430. The molecular formula is C10H19N3O4S. The molecule has 1 rings (SSSR count). The van der Waals surface area contributed by atoms with E-state index < -0.39 is 28.1 Å². The quantitative estimate of drug-likeness (QED) is 0.674. The first-order chi connectivity index (χ1) is 8.38. The number of rotatable bonds is 5. The van der Waals surface area contributed by atoms with Crippen molar-refractivity contribution in [3.8, 4) is 0 Å². The van der Waals surface area contributed by atoms with Crippen LogP contribution < -0.4 is 5.32 Å². The van der Waals surface area contributed by atoms with Gasteiger partial charge in [0.05, 0.1) is 6.54 Å². The van der Waals surface area contributed by atoms with Gasteiger partial charge in [-0.3, -0.25) is 14.9 Å². The molecule has 1 saturated heterocycles. The van der Waals surface area contributed by atoms with Crippen molar-refractivity contribution in [1.82, 2.24) is 13.9 Å². The van der Waals surface area contributed by atoms with Crippen molar-refractivity contribution < 1.29 is 18.0 Å². The van der Waals surface area contributed by atoms with Gasteiger partial charge in [-0.2, -0.15) is 17.0 Å². The summed E-state index contributed by atoms with van der Waals surface area (Å²) in [5, 5.41) is 2.15. The number of carbonyl (C=O) groups excluding carboxylic acids is 2. The van der Waals surface area contributed by atoms with Gasteiger partial charge in [-0.05, 0) is 6.42 Å². The van der Waals surface area contributed by atoms with Crippen LogP contribution in [0.3, 0.4) is 0 Å². The molecular weight excluding hydrogens is 258 g/mol. The van der Waals surface area contributed by atoms with E-state index in [2.05, 4.69) is 5.32 Å². The van der Waals surface area contributed by atoms with Crippen LogP contribution in [0.25, 0.3) is 0 Å².